The van der Waals surface area contributed by atoms with E-state index in [1.165, 1.54) is 0 Å². The van der Waals surface area contributed by atoms with E-state index < -0.39 is 0 Å². The van der Waals surface area contributed by atoms with E-state index in [1.54, 1.807) is 43.5 Å². The van der Waals surface area contributed by atoms with Gasteiger partial charge in [0.1, 0.15) is 12.2 Å². The van der Waals surface area contributed by atoms with Gasteiger partial charge in [0.05, 0.1) is 5.69 Å². The number of hydrogen-bond acceptors (Lipinski definition) is 11. The van der Waals surface area contributed by atoms with Gasteiger partial charge in [0.15, 0.2) is 0 Å². The van der Waals surface area contributed by atoms with Crippen LogP contribution in [0.2, 0.25) is 0 Å². The van der Waals surface area contributed by atoms with Crippen LogP contribution in [-0.4, -0.2) is 61.1 Å². The van der Waals surface area contributed by atoms with Gasteiger partial charge < -0.3 is 22.9 Å². The number of hydrogen-bond donors (Lipinski definition) is 4. The summed E-state index contributed by atoms with van der Waals surface area (Å²) in [5, 5.41) is 0. The first-order valence-electron chi connectivity index (χ1n) is 20.9. The summed E-state index contributed by atoms with van der Waals surface area (Å²) in [6.07, 6.45) is 13.9. The van der Waals surface area contributed by atoms with Gasteiger partial charge in [-0.15, -0.1) is 0 Å². The molecule has 0 bridgehead atoms. The molecule has 8 N–H and O–H groups in total. The van der Waals surface area contributed by atoms with Gasteiger partial charge in [-0.3, -0.25) is 15.0 Å². The fourth-order valence-electron chi connectivity index (χ4n) is 2.58. The molecule has 0 fully saturated rings. The molecule has 56 heavy (non-hydrogen) atoms. The lowest BCUT2D eigenvalue weighted by molar-refractivity contribution is 0.774. The number of rotatable bonds is 4. The van der Waals surface area contributed by atoms with Gasteiger partial charge in [0.2, 0.25) is 0 Å². The standard InChI is InChI=1S/C8H11N.3C7H10N2.4C2H7N.4C2H6/c1-7(2)8-5-3-4-6-9-8;1-6(2)7-5-8-3-4-9-7;1-6(2)7-3-4-8-5-9-7;1-6(2)7-8-4-3-5-9-7;4*1-2-3;4*1-2/h3-7H,1-2H3;3*3-6H,1-2H3;4*2-3H2,1H3;4*1-2H3. The van der Waals surface area contributed by atoms with Crippen molar-refractivity contribution in [2.45, 2.75) is 162 Å². The summed E-state index contributed by atoms with van der Waals surface area (Å²) in [6, 6.07) is 9.76. The van der Waals surface area contributed by atoms with Crippen molar-refractivity contribution < 1.29 is 0 Å². The van der Waals surface area contributed by atoms with Crippen LogP contribution in [0.15, 0.2) is 80.0 Å². The van der Waals surface area contributed by atoms with Crippen molar-refractivity contribution in [1.82, 2.24) is 34.9 Å². The summed E-state index contributed by atoms with van der Waals surface area (Å²) >= 11 is 0. The van der Waals surface area contributed by atoms with Crippen LogP contribution >= 0.6 is 0 Å². The number of nitrogens with zero attached hydrogens (tertiary/aromatic N) is 7. The monoisotopic (exact) mass is 788 g/mol. The molecule has 4 rings (SSSR count). The molecular formula is C45H93N11. The zero-order chi connectivity index (χ0) is 45.6. The van der Waals surface area contributed by atoms with Crippen LogP contribution in [0.25, 0.3) is 0 Å². The van der Waals surface area contributed by atoms with Gasteiger partial charge in [-0.2, -0.15) is 0 Å². The van der Waals surface area contributed by atoms with Gasteiger partial charge in [-0.25, -0.2) is 19.9 Å². The highest BCUT2D eigenvalue weighted by Gasteiger charge is 1.98. The average Bonchev–Trinajstić information content (AvgIpc) is 3.24. The van der Waals surface area contributed by atoms with Crippen LogP contribution in [0.5, 0.6) is 0 Å². The maximum atomic E-state index is 4.85. The highest BCUT2D eigenvalue weighted by molar-refractivity contribution is 5.07. The summed E-state index contributed by atoms with van der Waals surface area (Å²) in [4.78, 5) is 28.3. The molecule has 4 aromatic heterocycles. The number of aromatic nitrogens is 7. The largest absolute Gasteiger partial charge is 0.331 e. The van der Waals surface area contributed by atoms with E-state index in [-0.39, 0.29) is 0 Å². The SMILES string of the molecule is CC.CC.CC.CC.CC(C)c1ccccn1.CC(C)c1ccncn1.CC(C)c1cnccn1.CC(C)c1ncccn1.CCN.CCN.CCN.CCN. The maximum absolute atomic E-state index is 4.85. The molecule has 0 spiro atoms. The Labute approximate surface area is 348 Å². The normalized spacial score (nSPS) is 8.21. The second-order valence-electron chi connectivity index (χ2n) is 10.9. The lowest BCUT2D eigenvalue weighted by Crippen LogP contribution is -1.93. The summed E-state index contributed by atoms with van der Waals surface area (Å²) in [5.74, 6) is 2.89. The molecule has 0 aromatic carbocycles. The van der Waals surface area contributed by atoms with Crippen molar-refractivity contribution in [3.8, 4) is 0 Å². The first-order chi connectivity index (χ1) is 26.9. The van der Waals surface area contributed by atoms with Gasteiger partial charge in [-0.1, -0.05) is 145 Å². The van der Waals surface area contributed by atoms with E-state index in [1.807, 2.05) is 120 Å². The molecule has 0 aliphatic heterocycles. The molecule has 4 heterocycles. The van der Waals surface area contributed by atoms with E-state index >= 15 is 0 Å². The Kier molecular flexibility index (Phi) is 82.7. The fraction of sp³-hybridized carbons (Fsp3) is 0.622. The van der Waals surface area contributed by atoms with Crippen molar-refractivity contribution in [3.05, 3.63) is 103 Å². The number of nitrogens with two attached hydrogens (primary N) is 4. The van der Waals surface area contributed by atoms with Crippen molar-refractivity contribution in [1.29, 1.82) is 0 Å². The minimum absolute atomic E-state index is 0.436. The minimum Gasteiger partial charge on any atom is -0.331 e. The van der Waals surface area contributed by atoms with Crippen LogP contribution in [0.3, 0.4) is 0 Å². The highest BCUT2D eigenvalue weighted by atomic mass is 14.9. The molecule has 0 unspecified atom stereocenters. The zero-order valence-corrected chi connectivity index (χ0v) is 40.1. The van der Waals surface area contributed by atoms with Crippen molar-refractivity contribution in [2.75, 3.05) is 26.2 Å². The van der Waals surface area contributed by atoms with Gasteiger partial charge in [-0.05, 0) is 68.2 Å². The van der Waals surface area contributed by atoms with E-state index in [2.05, 4.69) is 90.3 Å². The Morgan fingerprint density at radius 2 is 0.768 bits per heavy atom. The average molecular weight is 788 g/mol. The predicted molar refractivity (Wildman–Crippen MR) is 251 cm³/mol. The Morgan fingerprint density at radius 3 is 0.982 bits per heavy atom. The van der Waals surface area contributed by atoms with Crippen molar-refractivity contribution in [3.63, 3.8) is 0 Å². The Balaban J connectivity index is -0.0000000793. The van der Waals surface area contributed by atoms with Gasteiger partial charge in [0, 0.05) is 60.7 Å². The van der Waals surface area contributed by atoms with Crippen LogP contribution < -0.4 is 22.9 Å². The van der Waals surface area contributed by atoms with Gasteiger partial charge >= 0.3 is 0 Å². The number of pyridine rings is 1. The molecule has 0 saturated carbocycles. The van der Waals surface area contributed by atoms with Crippen molar-refractivity contribution in [2.24, 2.45) is 22.9 Å². The molecular weight excluding hydrogens is 695 g/mol. The Bertz CT molecular complexity index is 920. The van der Waals surface area contributed by atoms with E-state index in [0.717, 1.165) is 49.1 Å². The minimum atomic E-state index is 0.436. The van der Waals surface area contributed by atoms with Crippen molar-refractivity contribution >= 4 is 0 Å². The lowest BCUT2D eigenvalue weighted by atomic mass is 10.1. The molecule has 328 valence electrons. The lowest BCUT2D eigenvalue weighted by Gasteiger charge is -2.00. The highest BCUT2D eigenvalue weighted by Crippen LogP contribution is 2.09. The van der Waals surface area contributed by atoms with Crippen LogP contribution in [0, 0.1) is 0 Å². The third-order valence-corrected chi connectivity index (χ3v) is 4.75. The molecule has 0 radical (unpaired) electrons. The summed E-state index contributed by atoms with van der Waals surface area (Å²) < 4.78 is 0. The molecule has 11 heteroatoms. The fourth-order valence-corrected chi connectivity index (χ4v) is 2.58. The second-order valence-corrected chi connectivity index (χ2v) is 10.9. The zero-order valence-electron chi connectivity index (χ0n) is 40.1. The molecule has 4 aromatic rings. The quantitative estimate of drug-likeness (QED) is 0.154. The first-order valence-corrected chi connectivity index (χ1v) is 20.9. The third kappa shape index (κ3) is 62.2. The molecule has 0 amide bonds. The summed E-state index contributed by atoms with van der Waals surface area (Å²) in [7, 11) is 0. The summed E-state index contributed by atoms with van der Waals surface area (Å²) in [5.41, 5.74) is 22.7. The molecule has 0 atom stereocenters. The van der Waals surface area contributed by atoms with E-state index in [0.29, 0.717) is 23.7 Å². The van der Waals surface area contributed by atoms with E-state index in [9.17, 15) is 0 Å². The van der Waals surface area contributed by atoms with Crippen LogP contribution in [-0.2, 0) is 0 Å². The third-order valence-electron chi connectivity index (χ3n) is 4.75. The second kappa shape index (κ2) is 66.1. The molecule has 0 aliphatic rings. The Morgan fingerprint density at radius 1 is 0.393 bits per heavy atom. The molecule has 0 saturated heterocycles. The van der Waals surface area contributed by atoms with E-state index in [4.69, 9.17) is 22.9 Å². The van der Waals surface area contributed by atoms with Gasteiger partial charge in [0.25, 0.3) is 0 Å². The van der Waals surface area contributed by atoms with Crippen LogP contribution in [0.4, 0.5) is 0 Å². The first kappa shape index (κ1) is 70.1. The van der Waals surface area contributed by atoms with Crippen LogP contribution in [0.1, 0.15) is 185 Å². The topological polar surface area (TPSA) is 194 Å². The smallest absolute Gasteiger partial charge is 0.130 e. The molecule has 0 aliphatic carbocycles. The molecule has 11 nitrogen and oxygen atoms in total. The predicted octanol–water partition coefficient (Wildman–Crippen LogP) is 11.0. The Hall–Kier alpha value is -3.77. The maximum Gasteiger partial charge on any atom is 0.130 e. The summed E-state index contributed by atoms with van der Waals surface area (Å²) in [6.45, 7) is 43.5.